The van der Waals surface area contributed by atoms with E-state index in [1.54, 1.807) is 17.8 Å². The smallest absolute Gasteiger partial charge is 0.274 e. The van der Waals surface area contributed by atoms with Gasteiger partial charge < -0.3 is 20.1 Å². The van der Waals surface area contributed by atoms with Crippen molar-refractivity contribution in [2.75, 3.05) is 41.7 Å². The van der Waals surface area contributed by atoms with Gasteiger partial charge >= 0.3 is 0 Å². The van der Waals surface area contributed by atoms with Crippen molar-refractivity contribution in [2.24, 2.45) is 7.05 Å². The molecule has 0 atom stereocenters. The van der Waals surface area contributed by atoms with Crippen molar-refractivity contribution in [3.63, 3.8) is 0 Å². The Labute approximate surface area is 259 Å². The van der Waals surface area contributed by atoms with Gasteiger partial charge in [0.2, 0.25) is 0 Å². The van der Waals surface area contributed by atoms with Gasteiger partial charge in [-0.25, -0.2) is 0 Å². The van der Waals surface area contributed by atoms with Crippen molar-refractivity contribution in [1.82, 2.24) is 19.7 Å². The molecule has 1 aliphatic rings. The van der Waals surface area contributed by atoms with Gasteiger partial charge in [0.25, 0.3) is 11.5 Å². The fourth-order valence-corrected chi connectivity index (χ4v) is 5.51. The summed E-state index contributed by atoms with van der Waals surface area (Å²) in [5.74, 6) is 1.16. The van der Waals surface area contributed by atoms with Crippen LogP contribution in [-0.4, -0.2) is 57.8 Å². The summed E-state index contributed by atoms with van der Waals surface area (Å²) in [5, 5.41) is 15.1. The molecule has 1 fully saturated rings. The van der Waals surface area contributed by atoms with Gasteiger partial charge in [-0.15, -0.1) is 10.2 Å². The zero-order chi connectivity index (χ0) is 31.6. The van der Waals surface area contributed by atoms with Crippen LogP contribution in [0.1, 0.15) is 56.1 Å². The minimum atomic E-state index is -0.176. The highest BCUT2D eigenvalue weighted by atomic mass is 16.1. The highest BCUT2D eigenvalue weighted by molar-refractivity contribution is 6.05. The summed E-state index contributed by atoms with van der Waals surface area (Å²) in [6.45, 7) is 16.7. The monoisotopic (exact) mass is 593 g/mol. The zero-order valence-corrected chi connectivity index (χ0v) is 26.8. The van der Waals surface area contributed by atoms with E-state index in [1.807, 2.05) is 67.6 Å². The standard InChI is InChI=1S/C35H43N7O2/c1-23(2)41-17-19-42(20-18-41)32-16-15-31(38-39-32)36-30-21-26(22-40(7)34(30)44)28-9-8-10-29(24(28)3)37-33(43)25-11-13-27(14-12-25)35(4,5)6/h8-16,21-23H,17-20H2,1-7H3,(H,36,38)(H,37,43). The average molecular weight is 594 g/mol. The molecule has 1 amide bonds. The maximum Gasteiger partial charge on any atom is 0.274 e. The fourth-order valence-electron chi connectivity index (χ4n) is 5.51. The van der Waals surface area contributed by atoms with Crippen LogP contribution in [0, 0.1) is 6.92 Å². The number of piperazine rings is 1. The van der Waals surface area contributed by atoms with E-state index in [0.29, 0.717) is 28.8 Å². The molecule has 3 heterocycles. The van der Waals surface area contributed by atoms with Gasteiger partial charge in [-0.3, -0.25) is 14.5 Å². The Balaban J connectivity index is 1.33. The lowest BCUT2D eigenvalue weighted by molar-refractivity contribution is 0.102. The molecule has 0 spiro atoms. The predicted octanol–water partition coefficient (Wildman–Crippen LogP) is 5.97. The molecular formula is C35H43N7O2. The molecule has 9 nitrogen and oxygen atoms in total. The molecule has 0 radical (unpaired) electrons. The number of hydrogen-bond donors (Lipinski definition) is 2. The first-order valence-electron chi connectivity index (χ1n) is 15.2. The first-order valence-corrected chi connectivity index (χ1v) is 15.2. The van der Waals surface area contributed by atoms with Crippen molar-refractivity contribution in [1.29, 1.82) is 0 Å². The van der Waals surface area contributed by atoms with E-state index in [0.717, 1.165) is 48.7 Å². The van der Waals surface area contributed by atoms with Crippen molar-refractivity contribution >= 4 is 28.9 Å². The SMILES string of the molecule is Cc1c(NC(=O)c2ccc(C(C)(C)C)cc2)cccc1-c1cc(Nc2ccc(N3CCN(C(C)C)CC3)nn2)c(=O)n(C)c1. The summed E-state index contributed by atoms with van der Waals surface area (Å²) in [6, 6.07) is 19.7. The maximum atomic E-state index is 13.1. The van der Waals surface area contributed by atoms with Crippen LogP contribution in [0.5, 0.6) is 0 Å². The minimum Gasteiger partial charge on any atom is -0.353 e. The quantitative estimate of drug-likeness (QED) is 0.272. The topological polar surface area (TPSA) is 95.4 Å². The largest absolute Gasteiger partial charge is 0.353 e. The molecule has 2 N–H and O–H groups in total. The molecule has 0 aliphatic carbocycles. The number of hydrogen-bond acceptors (Lipinski definition) is 7. The summed E-state index contributed by atoms with van der Waals surface area (Å²) in [4.78, 5) is 30.9. The first kappa shape index (κ1) is 30.9. The van der Waals surface area contributed by atoms with Gasteiger partial charge in [-0.05, 0) is 79.3 Å². The molecule has 5 rings (SSSR count). The molecular weight excluding hydrogens is 550 g/mol. The molecule has 1 saturated heterocycles. The summed E-state index contributed by atoms with van der Waals surface area (Å²) in [7, 11) is 1.73. The third kappa shape index (κ3) is 6.83. The molecule has 9 heteroatoms. The Kier molecular flexibility index (Phi) is 8.87. The number of carbonyl (C=O) groups excluding carboxylic acids is 1. The Morgan fingerprint density at radius 1 is 0.909 bits per heavy atom. The molecule has 4 aromatic rings. The van der Waals surface area contributed by atoms with Gasteiger partial charge in [0.15, 0.2) is 11.6 Å². The van der Waals surface area contributed by atoms with Crippen molar-refractivity contribution in [2.45, 2.75) is 53.0 Å². The number of aromatic nitrogens is 3. The molecule has 1 aliphatic heterocycles. The van der Waals surface area contributed by atoms with E-state index in [9.17, 15) is 9.59 Å². The summed E-state index contributed by atoms with van der Waals surface area (Å²) in [5.41, 5.74) is 5.37. The Morgan fingerprint density at radius 2 is 1.61 bits per heavy atom. The molecule has 2 aromatic carbocycles. The van der Waals surface area contributed by atoms with Crippen molar-refractivity contribution in [3.8, 4) is 11.1 Å². The van der Waals surface area contributed by atoms with Crippen LogP contribution in [0.3, 0.4) is 0 Å². The summed E-state index contributed by atoms with van der Waals surface area (Å²) < 4.78 is 1.55. The Hall–Kier alpha value is -4.50. The maximum absolute atomic E-state index is 13.1. The number of amides is 1. The number of rotatable bonds is 7. The second-order valence-electron chi connectivity index (χ2n) is 12.8. The predicted molar refractivity (Wildman–Crippen MR) is 179 cm³/mol. The minimum absolute atomic E-state index is 0.0166. The van der Waals surface area contributed by atoms with Crippen LogP contribution in [0.2, 0.25) is 0 Å². The summed E-state index contributed by atoms with van der Waals surface area (Å²) in [6.07, 6.45) is 1.80. The zero-order valence-electron chi connectivity index (χ0n) is 26.8. The Morgan fingerprint density at radius 3 is 2.23 bits per heavy atom. The van der Waals surface area contributed by atoms with Crippen LogP contribution in [0.25, 0.3) is 11.1 Å². The number of nitrogens with one attached hydrogen (secondary N) is 2. The van der Waals surface area contributed by atoms with Gasteiger partial charge in [0.05, 0.1) is 0 Å². The third-order valence-electron chi connectivity index (χ3n) is 8.37. The van der Waals surface area contributed by atoms with Crippen LogP contribution in [0.4, 0.5) is 23.0 Å². The molecule has 44 heavy (non-hydrogen) atoms. The lowest BCUT2D eigenvalue weighted by atomic mass is 9.86. The number of anilines is 4. The third-order valence-corrected chi connectivity index (χ3v) is 8.37. The number of nitrogens with zero attached hydrogens (tertiary/aromatic N) is 5. The van der Waals surface area contributed by atoms with Crippen LogP contribution in [0.15, 0.2) is 71.7 Å². The molecule has 0 bridgehead atoms. The summed E-state index contributed by atoms with van der Waals surface area (Å²) >= 11 is 0. The molecule has 0 saturated carbocycles. The van der Waals surface area contributed by atoms with Gasteiger partial charge in [0, 0.05) is 62.3 Å². The van der Waals surface area contributed by atoms with Gasteiger partial charge in [0.1, 0.15) is 5.69 Å². The van der Waals surface area contributed by atoms with Gasteiger partial charge in [-0.1, -0.05) is 45.0 Å². The number of benzene rings is 2. The molecule has 230 valence electrons. The van der Waals surface area contributed by atoms with Crippen molar-refractivity contribution in [3.05, 3.63) is 93.9 Å². The van der Waals surface area contributed by atoms with Crippen LogP contribution < -0.4 is 21.1 Å². The van der Waals surface area contributed by atoms with Gasteiger partial charge in [-0.2, -0.15) is 0 Å². The first-order chi connectivity index (χ1) is 20.9. The molecule has 2 aromatic heterocycles. The highest BCUT2D eigenvalue weighted by Gasteiger charge is 2.20. The lowest BCUT2D eigenvalue weighted by Crippen LogP contribution is -2.49. The fraction of sp³-hybridized carbons (Fsp3) is 0.371. The average Bonchev–Trinajstić information content (AvgIpc) is 3.00. The van der Waals surface area contributed by atoms with Crippen LogP contribution >= 0.6 is 0 Å². The van der Waals surface area contributed by atoms with E-state index in [4.69, 9.17) is 0 Å². The second kappa shape index (κ2) is 12.6. The van der Waals surface area contributed by atoms with E-state index >= 15 is 0 Å². The van der Waals surface area contributed by atoms with E-state index < -0.39 is 0 Å². The number of pyridine rings is 1. The van der Waals surface area contributed by atoms with E-state index in [-0.39, 0.29) is 16.9 Å². The Bertz CT molecular complexity index is 1680. The normalized spacial score (nSPS) is 14.1. The number of aryl methyl sites for hydroxylation is 1. The lowest BCUT2D eigenvalue weighted by Gasteiger charge is -2.37. The highest BCUT2D eigenvalue weighted by Crippen LogP contribution is 2.30. The van der Waals surface area contributed by atoms with E-state index in [1.165, 1.54) is 5.56 Å². The van der Waals surface area contributed by atoms with E-state index in [2.05, 4.69) is 65.2 Å². The number of carbonyl (C=O) groups is 1. The van der Waals surface area contributed by atoms with Crippen molar-refractivity contribution < 1.29 is 4.79 Å². The second-order valence-corrected chi connectivity index (χ2v) is 12.8. The molecule has 0 unspecified atom stereocenters. The van der Waals surface area contributed by atoms with Crippen LogP contribution in [-0.2, 0) is 12.5 Å².